The molecule has 5 heteroatoms. The molecule has 1 aromatic heterocycles. The number of hydrogen-bond donors (Lipinski definition) is 1. The number of nitrogens with zero attached hydrogens (tertiary/aromatic N) is 2. The van der Waals surface area contributed by atoms with Gasteiger partial charge in [0.25, 0.3) is 0 Å². The first kappa shape index (κ1) is 15.6. The predicted molar refractivity (Wildman–Crippen MR) is 92.9 cm³/mol. The molecule has 1 atom stereocenters. The highest BCUT2D eigenvalue weighted by atomic mass is 32.2. The van der Waals surface area contributed by atoms with Gasteiger partial charge in [-0.1, -0.05) is 24.3 Å². The molecular weight excluding hydrogens is 306 g/mol. The summed E-state index contributed by atoms with van der Waals surface area (Å²) in [7, 11) is -0.918. The Morgan fingerprint density at radius 1 is 1.09 bits per heavy atom. The van der Waals surface area contributed by atoms with Gasteiger partial charge in [-0.25, -0.2) is 4.98 Å². The molecule has 1 N–H and O–H groups in total. The normalized spacial score (nSPS) is 12.2. The van der Waals surface area contributed by atoms with E-state index in [-0.39, 0.29) is 0 Å². The van der Waals surface area contributed by atoms with E-state index >= 15 is 0 Å². The maximum Gasteiger partial charge on any atom is 0.0991 e. The summed E-state index contributed by atoms with van der Waals surface area (Å²) in [6.07, 6.45) is 7.20. The molecule has 2 aromatic carbocycles. The van der Waals surface area contributed by atoms with E-state index in [2.05, 4.69) is 34.6 Å². The van der Waals surface area contributed by atoms with Gasteiger partial charge >= 0.3 is 0 Å². The second-order valence-corrected chi connectivity index (χ2v) is 6.72. The first-order valence-corrected chi connectivity index (χ1v) is 8.98. The van der Waals surface area contributed by atoms with Crippen molar-refractivity contribution in [2.45, 2.75) is 18.0 Å². The van der Waals surface area contributed by atoms with Gasteiger partial charge in [0, 0.05) is 53.1 Å². The minimum absolute atomic E-state index is 0.784. The Balaban J connectivity index is 1.58. The van der Waals surface area contributed by atoms with E-state index in [0.717, 1.165) is 23.7 Å². The Morgan fingerprint density at radius 2 is 1.87 bits per heavy atom. The fraction of sp³-hybridized carbons (Fsp3) is 0.167. The number of benzene rings is 2. The first-order valence-electron chi connectivity index (χ1n) is 7.43. The van der Waals surface area contributed by atoms with Crippen LogP contribution in [-0.4, -0.2) is 20.0 Å². The summed E-state index contributed by atoms with van der Waals surface area (Å²) >= 11 is 0. The van der Waals surface area contributed by atoms with Gasteiger partial charge in [0.2, 0.25) is 0 Å². The third kappa shape index (κ3) is 4.15. The molecule has 0 bridgehead atoms. The van der Waals surface area contributed by atoms with E-state index in [1.54, 1.807) is 18.8 Å². The van der Waals surface area contributed by atoms with Crippen LogP contribution in [0.3, 0.4) is 0 Å². The quantitative estimate of drug-likeness (QED) is 0.758. The van der Waals surface area contributed by atoms with E-state index in [9.17, 15) is 4.21 Å². The van der Waals surface area contributed by atoms with Crippen molar-refractivity contribution in [2.24, 2.45) is 0 Å². The largest absolute Gasteiger partial charge is 0.309 e. The summed E-state index contributed by atoms with van der Waals surface area (Å²) in [5, 5.41) is 3.44. The molecule has 1 heterocycles. The number of nitrogens with one attached hydrogen (secondary N) is 1. The highest BCUT2D eigenvalue weighted by Crippen LogP contribution is 2.11. The van der Waals surface area contributed by atoms with Crippen LogP contribution in [-0.2, 0) is 23.9 Å². The molecule has 0 spiro atoms. The average molecular weight is 325 g/mol. The van der Waals surface area contributed by atoms with Crippen molar-refractivity contribution in [2.75, 3.05) is 6.26 Å². The maximum atomic E-state index is 11.4. The molecule has 0 aliphatic carbocycles. The molecular formula is C18H19N3OS. The first-order chi connectivity index (χ1) is 11.2. The standard InChI is InChI=1S/C18H19N3OS/c1-23(22)18-7-5-15(6-8-18)12-20-13-16-3-2-4-17(11-16)21-10-9-19-14-21/h2-11,14,20H,12-13H2,1H3. The lowest BCUT2D eigenvalue weighted by atomic mass is 10.2. The van der Waals surface area contributed by atoms with Gasteiger partial charge in [-0.05, 0) is 35.4 Å². The second-order valence-electron chi connectivity index (χ2n) is 5.34. The van der Waals surface area contributed by atoms with Crippen molar-refractivity contribution in [1.29, 1.82) is 0 Å². The zero-order valence-corrected chi connectivity index (χ0v) is 13.8. The smallest absolute Gasteiger partial charge is 0.0991 e. The topological polar surface area (TPSA) is 46.9 Å². The third-order valence-electron chi connectivity index (χ3n) is 3.63. The Hall–Kier alpha value is -2.24. The molecule has 0 saturated carbocycles. The zero-order chi connectivity index (χ0) is 16.1. The predicted octanol–water partition coefficient (Wildman–Crippen LogP) is 2.90. The number of aromatic nitrogens is 2. The maximum absolute atomic E-state index is 11.4. The van der Waals surface area contributed by atoms with Crippen molar-refractivity contribution in [1.82, 2.24) is 14.9 Å². The van der Waals surface area contributed by atoms with Gasteiger partial charge in [0.1, 0.15) is 0 Å². The van der Waals surface area contributed by atoms with Gasteiger partial charge in [-0.3, -0.25) is 4.21 Å². The van der Waals surface area contributed by atoms with Crippen LogP contribution in [0.25, 0.3) is 5.69 Å². The van der Waals surface area contributed by atoms with Gasteiger partial charge in [-0.2, -0.15) is 0 Å². The van der Waals surface area contributed by atoms with Crippen molar-refractivity contribution < 1.29 is 4.21 Å². The highest BCUT2D eigenvalue weighted by molar-refractivity contribution is 7.84. The molecule has 23 heavy (non-hydrogen) atoms. The van der Waals surface area contributed by atoms with Crippen LogP contribution in [0.5, 0.6) is 0 Å². The molecule has 1 unspecified atom stereocenters. The average Bonchev–Trinajstić information content (AvgIpc) is 3.10. The van der Waals surface area contributed by atoms with E-state index < -0.39 is 10.8 Å². The van der Waals surface area contributed by atoms with Crippen LogP contribution >= 0.6 is 0 Å². The van der Waals surface area contributed by atoms with Gasteiger partial charge < -0.3 is 9.88 Å². The van der Waals surface area contributed by atoms with Crippen LogP contribution in [0.1, 0.15) is 11.1 Å². The summed E-state index contributed by atoms with van der Waals surface area (Å²) in [5.41, 5.74) is 3.52. The monoisotopic (exact) mass is 325 g/mol. The van der Waals surface area contributed by atoms with E-state index in [1.165, 1.54) is 11.1 Å². The molecule has 0 fully saturated rings. The lowest BCUT2D eigenvalue weighted by Crippen LogP contribution is -2.12. The molecule has 0 radical (unpaired) electrons. The minimum Gasteiger partial charge on any atom is -0.309 e. The fourth-order valence-electron chi connectivity index (χ4n) is 2.39. The fourth-order valence-corrected chi connectivity index (χ4v) is 2.91. The minimum atomic E-state index is -0.918. The lowest BCUT2D eigenvalue weighted by Gasteiger charge is -2.08. The van der Waals surface area contributed by atoms with Crippen LogP contribution in [0.2, 0.25) is 0 Å². The summed E-state index contributed by atoms with van der Waals surface area (Å²) in [6, 6.07) is 16.3. The van der Waals surface area contributed by atoms with Gasteiger partial charge in [-0.15, -0.1) is 0 Å². The van der Waals surface area contributed by atoms with Crippen molar-refractivity contribution in [3.05, 3.63) is 78.4 Å². The molecule has 118 valence electrons. The summed E-state index contributed by atoms with van der Waals surface area (Å²) in [6.45, 7) is 1.58. The molecule has 0 aliphatic heterocycles. The van der Waals surface area contributed by atoms with Crippen LogP contribution in [0, 0.1) is 0 Å². The van der Waals surface area contributed by atoms with Crippen molar-refractivity contribution in [3.8, 4) is 5.69 Å². The van der Waals surface area contributed by atoms with Crippen LogP contribution in [0.4, 0.5) is 0 Å². The number of rotatable bonds is 6. The van der Waals surface area contributed by atoms with E-state index in [1.807, 2.05) is 35.0 Å². The molecule has 4 nitrogen and oxygen atoms in total. The summed E-state index contributed by atoms with van der Waals surface area (Å²) in [5.74, 6) is 0. The lowest BCUT2D eigenvalue weighted by molar-refractivity contribution is 0.685. The summed E-state index contributed by atoms with van der Waals surface area (Å²) < 4.78 is 13.4. The molecule has 0 amide bonds. The molecule has 0 saturated heterocycles. The van der Waals surface area contributed by atoms with Crippen molar-refractivity contribution in [3.63, 3.8) is 0 Å². The van der Waals surface area contributed by atoms with Crippen LogP contribution in [0.15, 0.2) is 72.1 Å². The highest BCUT2D eigenvalue weighted by Gasteiger charge is 2.00. The van der Waals surface area contributed by atoms with Gasteiger partial charge in [0.15, 0.2) is 0 Å². The summed E-state index contributed by atoms with van der Waals surface area (Å²) in [4.78, 5) is 4.94. The SMILES string of the molecule is CS(=O)c1ccc(CNCc2cccc(-n3ccnc3)c2)cc1. The second kappa shape index (κ2) is 7.35. The van der Waals surface area contributed by atoms with Gasteiger partial charge in [0.05, 0.1) is 6.33 Å². The molecule has 0 aliphatic rings. The Kier molecular flexibility index (Phi) is 5.00. The Morgan fingerprint density at radius 3 is 2.57 bits per heavy atom. The van der Waals surface area contributed by atoms with Crippen molar-refractivity contribution >= 4 is 10.8 Å². The van der Waals surface area contributed by atoms with E-state index in [0.29, 0.717) is 0 Å². The third-order valence-corrected chi connectivity index (χ3v) is 4.56. The van der Waals surface area contributed by atoms with E-state index in [4.69, 9.17) is 0 Å². The zero-order valence-electron chi connectivity index (χ0n) is 13.0. The number of hydrogen-bond acceptors (Lipinski definition) is 3. The van der Waals surface area contributed by atoms with Crippen LogP contribution < -0.4 is 5.32 Å². The Labute approximate surface area is 138 Å². The molecule has 3 aromatic rings. The molecule has 3 rings (SSSR count). The number of imidazole rings is 1. The Bertz CT molecular complexity index is 782.